The van der Waals surface area contributed by atoms with Gasteiger partial charge in [0.25, 0.3) is 15.9 Å². The molecule has 0 bridgehead atoms. The molecule has 2 atom stereocenters. The highest BCUT2D eigenvalue weighted by atomic mass is 32.2. The van der Waals surface area contributed by atoms with Crippen molar-refractivity contribution in [1.29, 1.82) is 0 Å². The molecule has 2 amide bonds. The summed E-state index contributed by atoms with van der Waals surface area (Å²) >= 11 is 0. The number of pyridine rings is 1. The van der Waals surface area contributed by atoms with Crippen molar-refractivity contribution in [3.8, 4) is 0 Å². The average Bonchev–Trinajstić information content (AvgIpc) is 3.37. The van der Waals surface area contributed by atoms with E-state index in [1.807, 2.05) is 30.3 Å². The van der Waals surface area contributed by atoms with Gasteiger partial charge < -0.3 is 15.4 Å². The fraction of sp³-hybridized carbons (Fsp3) is 0.240. The van der Waals surface area contributed by atoms with Gasteiger partial charge in [0, 0.05) is 24.6 Å². The van der Waals surface area contributed by atoms with E-state index < -0.39 is 33.7 Å². The number of carbonyl (C=O) groups excluding carboxylic acids is 2. The highest BCUT2D eigenvalue weighted by Crippen LogP contribution is 2.14. The predicted molar refractivity (Wildman–Crippen MR) is 130 cm³/mol. The van der Waals surface area contributed by atoms with E-state index in [9.17, 15) is 22.4 Å². The minimum atomic E-state index is -3.83. The lowest BCUT2D eigenvalue weighted by molar-refractivity contribution is -0.118. The van der Waals surface area contributed by atoms with Crippen LogP contribution in [-0.4, -0.2) is 50.5 Å². The number of amides is 2. The molecule has 36 heavy (non-hydrogen) atoms. The molecule has 0 saturated carbocycles. The lowest BCUT2D eigenvalue weighted by atomic mass is 10.0. The van der Waals surface area contributed by atoms with Crippen molar-refractivity contribution in [2.45, 2.75) is 30.0 Å². The number of rotatable bonds is 9. The van der Waals surface area contributed by atoms with Gasteiger partial charge in [0.2, 0.25) is 5.91 Å². The number of hydrogen-bond acceptors (Lipinski definition) is 6. The summed E-state index contributed by atoms with van der Waals surface area (Å²) in [4.78, 5) is 29.8. The fourth-order valence-corrected chi connectivity index (χ4v) is 4.84. The van der Waals surface area contributed by atoms with Crippen LogP contribution >= 0.6 is 0 Å². The van der Waals surface area contributed by atoms with Gasteiger partial charge in [-0.05, 0) is 48.4 Å². The summed E-state index contributed by atoms with van der Waals surface area (Å²) in [6, 6.07) is 15.6. The van der Waals surface area contributed by atoms with Crippen LogP contribution in [0.15, 0.2) is 78.0 Å². The van der Waals surface area contributed by atoms with Crippen LogP contribution in [-0.2, 0) is 26.0 Å². The van der Waals surface area contributed by atoms with Crippen molar-refractivity contribution >= 4 is 27.5 Å². The molecule has 0 spiro atoms. The van der Waals surface area contributed by atoms with Crippen molar-refractivity contribution in [1.82, 2.24) is 15.0 Å². The van der Waals surface area contributed by atoms with E-state index in [0.717, 1.165) is 17.7 Å². The number of sulfonamides is 1. The maximum absolute atomic E-state index is 13.2. The molecule has 3 N–H and O–H groups in total. The van der Waals surface area contributed by atoms with E-state index in [1.54, 1.807) is 0 Å². The number of halogens is 1. The van der Waals surface area contributed by atoms with E-state index in [-0.39, 0.29) is 28.7 Å². The first-order valence-corrected chi connectivity index (χ1v) is 12.8. The monoisotopic (exact) mass is 512 g/mol. The first-order valence-electron chi connectivity index (χ1n) is 11.3. The number of aromatic nitrogens is 1. The number of nitrogens with zero attached hydrogens (tertiary/aromatic N) is 1. The second-order valence-corrected chi connectivity index (χ2v) is 9.94. The zero-order valence-electron chi connectivity index (χ0n) is 19.2. The Morgan fingerprint density at radius 3 is 2.44 bits per heavy atom. The Balaban J connectivity index is 1.46. The molecule has 0 aliphatic carbocycles. The Bertz CT molecular complexity index is 1300. The van der Waals surface area contributed by atoms with E-state index in [2.05, 4.69) is 20.3 Å². The summed E-state index contributed by atoms with van der Waals surface area (Å²) < 4.78 is 46.0. The Hall–Kier alpha value is -3.67. The van der Waals surface area contributed by atoms with Crippen LogP contribution in [0.25, 0.3) is 0 Å². The average molecular weight is 513 g/mol. The van der Waals surface area contributed by atoms with E-state index >= 15 is 0 Å². The van der Waals surface area contributed by atoms with Crippen molar-refractivity contribution in [2.75, 3.05) is 18.5 Å². The molecule has 3 aromatic rings. The standard InChI is InChI=1S/C25H25FN4O5S/c26-19-8-6-18(7-9-19)24(31)29-22(14-17-4-2-1-3-5-17)25(32)28-20-10-11-23(27-15-20)36(33,34)30-21-12-13-35-16-21/h1-11,15,21-22,30H,12-14,16H2,(H,28,32)(H,29,31)/t21-,22-/m0/s1. The van der Waals surface area contributed by atoms with Gasteiger partial charge in [-0.25, -0.2) is 22.5 Å². The number of ether oxygens (including phenoxy) is 1. The fourth-order valence-electron chi connectivity index (χ4n) is 3.65. The number of anilines is 1. The summed E-state index contributed by atoms with van der Waals surface area (Å²) in [5.74, 6) is -1.53. The molecule has 1 fully saturated rings. The first-order chi connectivity index (χ1) is 17.3. The highest BCUT2D eigenvalue weighted by molar-refractivity contribution is 7.89. The quantitative estimate of drug-likeness (QED) is 0.404. The molecule has 2 aromatic carbocycles. The van der Waals surface area contributed by atoms with Gasteiger partial charge in [0.05, 0.1) is 18.5 Å². The van der Waals surface area contributed by atoms with Crippen LogP contribution < -0.4 is 15.4 Å². The van der Waals surface area contributed by atoms with E-state index in [0.29, 0.717) is 19.6 Å². The van der Waals surface area contributed by atoms with Gasteiger partial charge in [-0.15, -0.1) is 0 Å². The molecular formula is C25H25FN4O5S. The molecule has 0 radical (unpaired) electrons. The minimum absolute atomic E-state index is 0.183. The summed E-state index contributed by atoms with van der Waals surface area (Å²) in [5.41, 5.74) is 1.29. The molecule has 9 nitrogen and oxygen atoms in total. The molecule has 188 valence electrons. The van der Waals surface area contributed by atoms with Crippen LogP contribution in [0.3, 0.4) is 0 Å². The van der Waals surface area contributed by atoms with Gasteiger partial charge in [-0.3, -0.25) is 9.59 Å². The summed E-state index contributed by atoms with van der Waals surface area (Å²) in [5, 5.41) is 5.17. The third kappa shape index (κ3) is 6.72. The number of hydrogen-bond donors (Lipinski definition) is 3. The molecule has 0 unspecified atom stereocenters. The molecule has 1 saturated heterocycles. The Morgan fingerprint density at radius 2 is 1.81 bits per heavy atom. The van der Waals surface area contributed by atoms with Crippen LogP contribution in [0.4, 0.5) is 10.1 Å². The highest BCUT2D eigenvalue weighted by Gasteiger charge is 2.25. The number of benzene rings is 2. The lowest BCUT2D eigenvalue weighted by Gasteiger charge is -2.19. The zero-order valence-corrected chi connectivity index (χ0v) is 20.0. The predicted octanol–water partition coefficient (Wildman–Crippen LogP) is 2.27. The van der Waals surface area contributed by atoms with Crippen LogP contribution in [0.5, 0.6) is 0 Å². The van der Waals surface area contributed by atoms with E-state index in [1.165, 1.54) is 30.5 Å². The summed E-state index contributed by atoms with van der Waals surface area (Å²) in [6.07, 6.45) is 2.02. The molecular weight excluding hydrogens is 487 g/mol. The Kier molecular flexibility index (Phi) is 8.04. The van der Waals surface area contributed by atoms with Gasteiger partial charge in [-0.1, -0.05) is 30.3 Å². The molecule has 1 aliphatic rings. The maximum atomic E-state index is 13.2. The third-order valence-corrected chi connectivity index (χ3v) is 6.98. The van der Waals surface area contributed by atoms with Crippen molar-refractivity contribution in [3.63, 3.8) is 0 Å². The second-order valence-electron chi connectivity index (χ2n) is 8.28. The zero-order chi connectivity index (χ0) is 25.5. The van der Waals surface area contributed by atoms with Gasteiger partial charge in [-0.2, -0.15) is 0 Å². The maximum Gasteiger partial charge on any atom is 0.258 e. The van der Waals surface area contributed by atoms with Crippen molar-refractivity contribution < 1.29 is 27.1 Å². The smallest absolute Gasteiger partial charge is 0.258 e. The molecule has 2 heterocycles. The number of nitrogens with one attached hydrogen (secondary N) is 3. The minimum Gasteiger partial charge on any atom is -0.380 e. The second kappa shape index (κ2) is 11.4. The summed E-state index contributed by atoms with van der Waals surface area (Å²) in [7, 11) is -3.83. The normalized spacial score (nSPS) is 16.3. The Morgan fingerprint density at radius 1 is 1.06 bits per heavy atom. The largest absolute Gasteiger partial charge is 0.380 e. The van der Waals surface area contributed by atoms with Gasteiger partial charge >= 0.3 is 0 Å². The Labute approximate surface area is 208 Å². The number of carbonyl (C=O) groups is 2. The van der Waals surface area contributed by atoms with Crippen LogP contribution in [0, 0.1) is 5.82 Å². The van der Waals surface area contributed by atoms with Crippen LogP contribution in [0.2, 0.25) is 0 Å². The van der Waals surface area contributed by atoms with Crippen molar-refractivity contribution in [2.24, 2.45) is 0 Å². The van der Waals surface area contributed by atoms with E-state index in [4.69, 9.17) is 4.74 Å². The lowest BCUT2D eigenvalue weighted by Crippen LogP contribution is -2.45. The van der Waals surface area contributed by atoms with Crippen LogP contribution in [0.1, 0.15) is 22.3 Å². The molecule has 1 aromatic heterocycles. The molecule has 4 rings (SSSR count). The molecule has 1 aliphatic heterocycles. The van der Waals surface area contributed by atoms with Gasteiger partial charge in [0.1, 0.15) is 11.9 Å². The van der Waals surface area contributed by atoms with Crippen molar-refractivity contribution in [3.05, 3.63) is 89.9 Å². The molecule has 11 heteroatoms. The topological polar surface area (TPSA) is 126 Å². The van der Waals surface area contributed by atoms with Gasteiger partial charge in [0.15, 0.2) is 5.03 Å². The SMILES string of the molecule is O=C(N[C@@H](Cc1ccccc1)C(=O)Nc1ccc(S(=O)(=O)N[C@H]2CCOC2)nc1)c1ccc(F)cc1. The third-order valence-electron chi connectivity index (χ3n) is 5.54. The first kappa shape index (κ1) is 25.4. The summed E-state index contributed by atoms with van der Waals surface area (Å²) in [6.45, 7) is 0.799.